The number of anilines is 1. The number of hydrogen-bond donors (Lipinski definition) is 1. The molecular formula is C25H22N4O6. The molecule has 0 atom stereocenters. The standard InChI is InChI=1S/C25H22N4O6/c1-34-19-11-5-16(6-12-19)14-29-23(31)22-20(4-3-13-26-22)28(25(29)33)15-21(30)27-18-9-7-17(8-10-18)24(32)35-2/h3-13H,14-15H2,1-2H3,(H,27,30). The van der Waals surface area contributed by atoms with Gasteiger partial charge in [0.05, 0.1) is 31.8 Å². The Hall–Kier alpha value is -4.73. The number of ether oxygens (including phenoxy) is 2. The SMILES string of the molecule is COC(=O)c1ccc(NC(=O)Cn2c(=O)n(Cc3ccc(OC)cc3)c(=O)c3ncccc32)cc1. The first kappa shape index (κ1) is 23.4. The lowest BCUT2D eigenvalue weighted by Crippen LogP contribution is -2.42. The smallest absolute Gasteiger partial charge is 0.337 e. The van der Waals surface area contributed by atoms with E-state index in [4.69, 9.17) is 4.74 Å². The molecule has 0 bridgehead atoms. The first-order chi connectivity index (χ1) is 16.9. The Bertz CT molecular complexity index is 1500. The van der Waals surface area contributed by atoms with Crippen LogP contribution in [0.2, 0.25) is 0 Å². The fraction of sp³-hybridized carbons (Fsp3) is 0.160. The molecule has 1 amide bonds. The molecule has 2 heterocycles. The van der Waals surface area contributed by atoms with Gasteiger partial charge in [-0.2, -0.15) is 0 Å². The van der Waals surface area contributed by atoms with Crippen molar-refractivity contribution in [2.24, 2.45) is 0 Å². The van der Waals surface area contributed by atoms with Gasteiger partial charge in [-0.05, 0) is 54.1 Å². The molecule has 0 saturated heterocycles. The second kappa shape index (κ2) is 10.0. The summed E-state index contributed by atoms with van der Waals surface area (Å²) in [6.45, 7) is -0.340. The molecule has 0 fully saturated rings. The summed E-state index contributed by atoms with van der Waals surface area (Å²) in [4.78, 5) is 54.9. The van der Waals surface area contributed by atoms with Gasteiger partial charge >= 0.3 is 11.7 Å². The van der Waals surface area contributed by atoms with Crippen LogP contribution in [0.25, 0.3) is 11.0 Å². The molecule has 0 spiro atoms. The van der Waals surface area contributed by atoms with Crippen LogP contribution in [0, 0.1) is 0 Å². The molecule has 0 saturated carbocycles. The van der Waals surface area contributed by atoms with E-state index in [0.717, 1.165) is 4.57 Å². The number of methoxy groups -OCH3 is 2. The van der Waals surface area contributed by atoms with E-state index in [-0.39, 0.29) is 24.1 Å². The Morgan fingerprint density at radius 1 is 0.943 bits per heavy atom. The van der Waals surface area contributed by atoms with Crippen LogP contribution in [0.3, 0.4) is 0 Å². The number of carbonyl (C=O) groups is 2. The van der Waals surface area contributed by atoms with Crippen molar-refractivity contribution < 1.29 is 19.1 Å². The molecule has 0 radical (unpaired) electrons. The Labute approximate surface area is 199 Å². The van der Waals surface area contributed by atoms with Gasteiger partial charge in [-0.1, -0.05) is 12.1 Å². The minimum absolute atomic E-state index is 0.00475. The van der Waals surface area contributed by atoms with Crippen molar-refractivity contribution in [3.8, 4) is 5.75 Å². The number of hydrogen-bond acceptors (Lipinski definition) is 7. The number of amides is 1. The highest BCUT2D eigenvalue weighted by Crippen LogP contribution is 2.13. The fourth-order valence-electron chi connectivity index (χ4n) is 3.60. The summed E-state index contributed by atoms with van der Waals surface area (Å²) in [6.07, 6.45) is 1.46. The zero-order chi connectivity index (χ0) is 24.9. The number of benzene rings is 2. The van der Waals surface area contributed by atoms with Crippen LogP contribution in [-0.4, -0.2) is 40.2 Å². The first-order valence-electron chi connectivity index (χ1n) is 10.6. The monoisotopic (exact) mass is 474 g/mol. The van der Waals surface area contributed by atoms with E-state index in [1.807, 2.05) is 0 Å². The molecule has 4 aromatic rings. The summed E-state index contributed by atoms with van der Waals surface area (Å²) in [6, 6.07) is 16.3. The van der Waals surface area contributed by atoms with Crippen molar-refractivity contribution in [1.29, 1.82) is 0 Å². The lowest BCUT2D eigenvalue weighted by molar-refractivity contribution is -0.116. The fourth-order valence-corrected chi connectivity index (χ4v) is 3.60. The van der Waals surface area contributed by atoms with Gasteiger partial charge in [0.25, 0.3) is 5.56 Å². The van der Waals surface area contributed by atoms with Crippen molar-refractivity contribution >= 4 is 28.6 Å². The molecule has 0 aliphatic heterocycles. The summed E-state index contributed by atoms with van der Waals surface area (Å²) in [5.74, 6) is -0.333. The summed E-state index contributed by atoms with van der Waals surface area (Å²) in [7, 11) is 2.83. The van der Waals surface area contributed by atoms with Gasteiger partial charge in [-0.25, -0.2) is 14.6 Å². The second-order valence-corrected chi connectivity index (χ2v) is 7.60. The van der Waals surface area contributed by atoms with Gasteiger partial charge in [0.1, 0.15) is 12.3 Å². The van der Waals surface area contributed by atoms with Crippen molar-refractivity contribution in [2.75, 3.05) is 19.5 Å². The van der Waals surface area contributed by atoms with E-state index in [1.165, 1.54) is 30.0 Å². The number of rotatable bonds is 7. The lowest BCUT2D eigenvalue weighted by atomic mass is 10.2. The lowest BCUT2D eigenvalue weighted by Gasteiger charge is -2.14. The average Bonchev–Trinajstić information content (AvgIpc) is 2.89. The predicted molar refractivity (Wildman–Crippen MR) is 129 cm³/mol. The Balaban J connectivity index is 1.66. The summed E-state index contributed by atoms with van der Waals surface area (Å²) in [5, 5.41) is 2.69. The maximum absolute atomic E-state index is 13.3. The third-order valence-corrected chi connectivity index (χ3v) is 5.38. The number of nitrogens with one attached hydrogen (secondary N) is 1. The number of fused-ring (bicyclic) bond motifs is 1. The zero-order valence-electron chi connectivity index (χ0n) is 19.1. The Kier molecular flexibility index (Phi) is 6.72. The summed E-state index contributed by atoms with van der Waals surface area (Å²) >= 11 is 0. The molecule has 4 rings (SSSR count). The van der Waals surface area contributed by atoms with Crippen molar-refractivity contribution in [3.05, 3.63) is 98.8 Å². The van der Waals surface area contributed by atoms with Gasteiger partial charge in [-0.15, -0.1) is 0 Å². The van der Waals surface area contributed by atoms with Crippen LogP contribution in [0.1, 0.15) is 15.9 Å². The third kappa shape index (κ3) is 4.96. The van der Waals surface area contributed by atoms with Crippen LogP contribution >= 0.6 is 0 Å². The maximum atomic E-state index is 13.3. The minimum Gasteiger partial charge on any atom is -0.497 e. The van der Waals surface area contributed by atoms with Gasteiger partial charge in [0.15, 0.2) is 5.52 Å². The van der Waals surface area contributed by atoms with E-state index < -0.39 is 23.1 Å². The van der Waals surface area contributed by atoms with E-state index in [1.54, 1.807) is 55.6 Å². The average molecular weight is 474 g/mol. The molecule has 178 valence electrons. The number of nitrogens with zero attached hydrogens (tertiary/aromatic N) is 3. The highest BCUT2D eigenvalue weighted by molar-refractivity contribution is 5.93. The van der Waals surface area contributed by atoms with Crippen LogP contribution in [0.15, 0.2) is 76.4 Å². The Morgan fingerprint density at radius 2 is 1.66 bits per heavy atom. The number of pyridine rings is 1. The van der Waals surface area contributed by atoms with Crippen molar-refractivity contribution in [3.63, 3.8) is 0 Å². The largest absolute Gasteiger partial charge is 0.497 e. The molecule has 0 unspecified atom stereocenters. The second-order valence-electron chi connectivity index (χ2n) is 7.60. The van der Waals surface area contributed by atoms with E-state index in [9.17, 15) is 19.2 Å². The molecule has 10 heteroatoms. The molecule has 10 nitrogen and oxygen atoms in total. The molecule has 1 N–H and O–H groups in total. The van der Waals surface area contributed by atoms with Crippen LogP contribution in [-0.2, 0) is 22.6 Å². The van der Waals surface area contributed by atoms with Gasteiger partial charge in [0, 0.05) is 11.9 Å². The van der Waals surface area contributed by atoms with Crippen LogP contribution in [0.5, 0.6) is 5.75 Å². The van der Waals surface area contributed by atoms with Gasteiger partial charge in [0.2, 0.25) is 5.91 Å². The Morgan fingerprint density at radius 3 is 2.31 bits per heavy atom. The van der Waals surface area contributed by atoms with E-state index in [0.29, 0.717) is 22.6 Å². The first-order valence-corrected chi connectivity index (χ1v) is 10.6. The third-order valence-electron chi connectivity index (χ3n) is 5.38. The van der Waals surface area contributed by atoms with E-state index >= 15 is 0 Å². The van der Waals surface area contributed by atoms with Crippen molar-refractivity contribution in [1.82, 2.24) is 14.1 Å². The minimum atomic E-state index is -0.637. The molecule has 35 heavy (non-hydrogen) atoms. The highest BCUT2D eigenvalue weighted by atomic mass is 16.5. The summed E-state index contributed by atoms with van der Waals surface area (Å²) < 4.78 is 12.1. The zero-order valence-corrected chi connectivity index (χ0v) is 19.1. The maximum Gasteiger partial charge on any atom is 0.337 e. The molecule has 0 aliphatic carbocycles. The van der Waals surface area contributed by atoms with Crippen LogP contribution in [0.4, 0.5) is 5.69 Å². The quantitative estimate of drug-likeness (QED) is 0.407. The van der Waals surface area contributed by atoms with Crippen LogP contribution < -0.4 is 21.3 Å². The topological polar surface area (TPSA) is 122 Å². The molecular weight excluding hydrogens is 452 g/mol. The number of esters is 1. The summed E-state index contributed by atoms with van der Waals surface area (Å²) in [5.41, 5.74) is 0.635. The molecule has 2 aromatic carbocycles. The molecule has 0 aliphatic rings. The predicted octanol–water partition coefficient (Wildman–Crippen LogP) is 2.04. The molecule has 2 aromatic heterocycles. The number of aromatic nitrogens is 3. The van der Waals surface area contributed by atoms with Gasteiger partial charge in [-0.3, -0.25) is 18.7 Å². The van der Waals surface area contributed by atoms with E-state index in [2.05, 4.69) is 15.0 Å². The van der Waals surface area contributed by atoms with Crippen molar-refractivity contribution in [2.45, 2.75) is 13.1 Å². The van der Waals surface area contributed by atoms with Gasteiger partial charge < -0.3 is 14.8 Å². The normalized spacial score (nSPS) is 10.7. The number of carbonyl (C=O) groups excluding carboxylic acids is 2. The highest BCUT2D eigenvalue weighted by Gasteiger charge is 2.17.